The highest BCUT2D eigenvalue weighted by Crippen LogP contribution is 2.57. The lowest BCUT2D eigenvalue weighted by Gasteiger charge is -2.43. The van der Waals surface area contributed by atoms with E-state index in [1.165, 1.54) is 55.7 Å². The summed E-state index contributed by atoms with van der Waals surface area (Å²) in [7, 11) is 0. The standard InChI is InChI=1S/C47H45N3/c1-31-18-23-41-39(27-31)37-24-25-47(5,30-42(37)46(41,3)4)50(44-17-11-12-26-48-44)36-21-19-33(20-22-36)34-28-32(2)45-40(29-34)38-15-9-10-16-43(38)49(45)35-13-7-6-8-14-35/h6-24,26,29-32H,25,27-28H2,1-5H3. The summed E-state index contributed by atoms with van der Waals surface area (Å²) in [5, 5.41) is 1.31. The van der Waals surface area contributed by atoms with E-state index in [1.807, 2.05) is 12.3 Å². The maximum Gasteiger partial charge on any atom is 0.133 e. The van der Waals surface area contributed by atoms with E-state index in [1.54, 1.807) is 5.57 Å². The van der Waals surface area contributed by atoms with Crippen LogP contribution in [0.1, 0.15) is 76.6 Å². The number of para-hydroxylation sites is 2. The minimum Gasteiger partial charge on any atom is -0.317 e. The molecular weight excluding hydrogens is 607 g/mol. The minimum absolute atomic E-state index is 0.0221. The van der Waals surface area contributed by atoms with Crippen molar-refractivity contribution in [1.82, 2.24) is 9.55 Å². The van der Waals surface area contributed by atoms with E-state index in [0.29, 0.717) is 11.8 Å². The highest BCUT2D eigenvalue weighted by molar-refractivity contribution is 5.99. The normalized spacial score (nSPS) is 23.5. The van der Waals surface area contributed by atoms with E-state index in [2.05, 4.69) is 165 Å². The molecule has 0 bridgehead atoms. The van der Waals surface area contributed by atoms with E-state index >= 15 is 0 Å². The second-order valence-electron chi connectivity index (χ2n) is 15.6. The summed E-state index contributed by atoms with van der Waals surface area (Å²) >= 11 is 0. The van der Waals surface area contributed by atoms with Gasteiger partial charge in [-0.1, -0.05) is 107 Å². The van der Waals surface area contributed by atoms with E-state index in [9.17, 15) is 0 Å². The van der Waals surface area contributed by atoms with E-state index in [4.69, 9.17) is 4.98 Å². The summed E-state index contributed by atoms with van der Waals surface area (Å²) in [4.78, 5) is 7.39. The van der Waals surface area contributed by atoms with Gasteiger partial charge in [-0.25, -0.2) is 4.98 Å². The molecule has 3 unspecified atom stereocenters. The summed E-state index contributed by atoms with van der Waals surface area (Å²) in [6.07, 6.45) is 17.3. The van der Waals surface area contributed by atoms with Gasteiger partial charge < -0.3 is 9.47 Å². The number of aromatic nitrogens is 2. The molecule has 4 aliphatic rings. The molecule has 0 fully saturated rings. The number of fused-ring (bicyclic) bond motifs is 5. The lowest BCUT2D eigenvalue weighted by Crippen LogP contribution is -2.44. The fourth-order valence-electron chi connectivity index (χ4n) is 9.31. The van der Waals surface area contributed by atoms with Gasteiger partial charge in [-0.15, -0.1) is 0 Å². The highest BCUT2D eigenvalue weighted by atomic mass is 15.2. The average molecular weight is 652 g/mol. The fraction of sp³-hybridized carbons (Fsp3) is 0.255. The Hall–Kier alpha value is -5.15. The molecule has 0 N–H and O–H groups in total. The van der Waals surface area contributed by atoms with Gasteiger partial charge in [-0.05, 0) is 114 Å². The second-order valence-corrected chi connectivity index (χ2v) is 15.6. The van der Waals surface area contributed by atoms with E-state index in [0.717, 1.165) is 30.8 Å². The van der Waals surface area contributed by atoms with Crippen LogP contribution in [0.5, 0.6) is 0 Å². The summed E-state index contributed by atoms with van der Waals surface area (Å²) in [6, 6.07) is 35.2. The first-order valence-electron chi connectivity index (χ1n) is 18.3. The predicted molar refractivity (Wildman–Crippen MR) is 210 cm³/mol. The monoisotopic (exact) mass is 651 g/mol. The molecule has 9 rings (SSSR count). The van der Waals surface area contributed by atoms with Crippen LogP contribution >= 0.6 is 0 Å². The first-order valence-corrected chi connectivity index (χ1v) is 18.3. The molecule has 0 spiro atoms. The van der Waals surface area contributed by atoms with Crippen LogP contribution in [0.2, 0.25) is 0 Å². The van der Waals surface area contributed by atoms with Crippen molar-refractivity contribution in [2.75, 3.05) is 4.90 Å². The molecule has 3 nitrogen and oxygen atoms in total. The molecule has 3 aromatic carbocycles. The molecule has 50 heavy (non-hydrogen) atoms. The quantitative estimate of drug-likeness (QED) is 0.189. The van der Waals surface area contributed by atoms with E-state index < -0.39 is 0 Å². The number of hydrogen-bond acceptors (Lipinski definition) is 2. The third-order valence-corrected chi connectivity index (χ3v) is 11.7. The summed E-state index contributed by atoms with van der Waals surface area (Å²) in [6.45, 7) is 11.9. The Morgan fingerprint density at radius 3 is 2.36 bits per heavy atom. The number of hydrogen-bond donors (Lipinski definition) is 0. The van der Waals surface area contributed by atoms with Crippen molar-refractivity contribution in [2.45, 2.75) is 65.3 Å². The Balaban J connectivity index is 1.11. The van der Waals surface area contributed by atoms with Gasteiger partial charge >= 0.3 is 0 Å². The average Bonchev–Trinajstić information content (AvgIpc) is 3.58. The smallest absolute Gasteiger partial charge is 0.133 e. The van der Waals surface area contributed by atoms with Crippen LogP contribution in [0.25, 0.3) is 28.2 Å². The largest absolute Gasteiger partial charge is 0.317 e. The number of nitrogens with zero attached hydrogens (tertiary/aromatic N) is 3. The van der Waals surface area contributed by atoms with Gasteiger partial charge in [0.1, 0.15) is 5.82 Å². The molecule has 248 valence electrons. The van der Waals surface area contributed by atoms with Crippen molar-refractivity contribution in [1.29, 1.82) is 0 Å². The van der Waals surface area contributed by atoms with Gasteiger partial charge in [0.05, 0.1) is 11.1 Å². The number of rotatable bonds is 5. The Morgan fingerprint density at radius 1 is 0.820 bits per heavy atom. The summed E-state index contributed by atoms with van der Waals surface area (Å²) < 4.78 is 2.48. The summed E-state index contributed by atoms with van der Waals surface area (Å²) in [5.74, 6) is 1.93. The van der Waals surface area contributed by atoms with Crippen molar-refractivity contribution in [3.63, 3.8) is 0 Å². The zero-order chi connectivity index (χ0) is 34.2. The lowest BCUT2D eigenvalue weighted by molar-refractivity contribution is 0.519. The molecular formula is C47H45N3. The highest BCUT2D eigenvalue weighted by Gasteiger charge is 2.45. The van der Waals surface area contributed by atoms with Gasteiger partial charge in [0.15, 0.2) is 0 Å². The van der Waals surface area contributed by atoms with Gasteiger partial charge in [-0.2, -0.15) is 0 Å². The summed E-state index contributed by atoms with van der Waals surface area (Å²) in [5.41, 5.74) is 14.8. The van der Waals surface area contributed by atoms with Crippen LogP contribution in [0.4, 0.5) is 11.5 Å². The molecule has 0 saturated carbocycles. The molecule has 5 aromatic rings. The van der Waals surface area contributed by atoms with Crippen molar-refractivity contribution < 1.29 is 0 Å². The number of benzene rings is 3. The Morgan fingerprint density at radius 2 is 1.58 bits per heavy atom. The minimum atomic E-state index is -0.275. The zero-order valence-electron chi connectivity index (χ0n) is 29.8. The Kier molecular flexibility index (Phi) is 7.07. The van der Waals surface area contributed by atoms with Crippen LogP contribution in [-0.2, 0) is 0 Å². The maximum absolute atomic E-state index is 4.92. The van der Waals surface area contributed by atoms with Crippen LogP contribution in [-0.4, -0.2) is 15.1 Å². The van der Waals surface area contributed by atoms with Crippen molar-refractivity contribution in [3.05, 3.63) is 167 Å². The maximum atomic E-state index is 4.92. The van der Waals surface area contributed by atoms with Gasteiger partial charge in [-0.3, -0.25) is 0 Å². The number of allylic oxidation sites excluding steroid dienone is 7. The zero-order valence-corrected chi connectivity index (χ0v) is 29.8. The molecule has 0 saturated heterocycles. The molecule has 0 radical (unpaired) electrons. The molecule has 0 aliphatic heterocycles. The molecule has 2 heterocycles. The van der Waals surface area contributed by atoms with Gasteiger partial charge in [0.2, 0.25) is 0 Å². The second kappa shape index (κ2) is 11.5. The van der Waals surface area contributed by atoms with E-state index in [-0.39, 0.29) is 11.0 Å². The number of pyridine rings is 1. The molecule has 3 heteroatoms. The van der Waals surface area contributed by atoms with Crippen LogP contribution in [0, 0.1) is 11.3 Å². The molecule has 2 aromatic heterocycles. The van der Waals surface area contributed by atoms with Crippen molar-refractivity contribution in [3.8, 4) is 5.69 Å². The van der Waals surface area contributed by atoms with Crippen molar-refractivity contribution in [2.24, 2.45) is 11.3 Å². The number of anilines is 2. The first kappa shape index (κ1) is 30.9. The fourth-order valence-corrected chi connectivity index (χ4v) is 9.31. The van der Waals surface area contributed by atoms with Gasteiger partial charge in [0.25, 0.3) is 0 Å². The molecule has 0 amide bonds. The van der Waals surface area contributed by atoms with Crippen LogP contribution < -0.4 is 4.90 Å². The van der Waals surface area contributed by atoms with Crippen LogP contribution in [0.15, 0.2) is 150 Å². The Labute approximate surface area is 296 Å². The SMILES string of the molecule is CC1C=CC2=C(C1)C1=CCC(C)(N(c3ccc(C4=Cc5c(n(-c6ccccc6)c6ccccc56)C(C)C4)cc3)c3ccccn3)C=C1C2(C)C. The molecule has 3 atom stereocenters. The lowest BCUT2D eigenvalue weighted by atomic mass is 9.74. The topological polar surface area (TPSA) is 21.1 Å². The van der Waals surface area contributed by atoms with Gasteiger partial charge in [0, 0.05) is 45.5 Å². The predicted octanol–water partition coefficient (Wildman–Crippen LogP) is 12.2. The third-order valence-electron chi connectivity index (χ3n) is 11.7. The third kappa shape index (κ3) is 4.74. The first-order chi connectivity index (χ1) is 24.2. The molecule has 4 aliphatic carbocycles. The Bertz CT molecular complexity index is 2290. The van der Waals surface area contributed by atoms with Crippen molar-refractivity contribution >= 4 is 34.1 Å². The van der Waals surface area contributed by atoms with Crippen LogP contribution in [0.3, 0.4) is 0 Å².